The van der Waals surface area contributed by atoms with Gasteiger partial charge >= 0.3 is 0 Å². The van der Waals surface area contributed by atoms with Gasteiger partial charge in [0, 0.05) is 17.7 Å². The van der Waals surface area contributed by atoms with E-state index in [-0.39, 0.29) is 6.61 Å². The maximum atomic E-state index is 11.9. The van der Waals surface area contributed by atoms with Crippen molar-refractivity contribution in [3.05, 3.63) is 63.7 Å². The molecule has 4 nitrogen and oxygen atoms in total. The normalized spacial score (nSPS) is 13.4. The van der Waals surface area contributed by atoms with Gasteiger partial charge in [-0.3, -0.25) is 4.79 Å². The summed E-state index contributed by atoms with van der Waals surface area (Å²) in [5, 5.41) is 0.505. The third-order valence-corrected chi connectivity index (χ3v) is 4.43. The van der Waals surface area contributed by atoms with Gasteiger partial charge in [0.2, 0.25) is 0 Å². The summed E-state index contributed by atoms with van der Waals surface area (Å²) in [5.41, 5.74) is 7.82. The summed E-state index contributed by atoms with van der Waals surface area (Å²) < 4.78 is 11.3. The van der Waals surface area contributed by atoms with Crippen molar-refractivity contribution in [3.63, 3.8) is 0 Å². The van der Waals surface area contributed by atoms with Gasteiger partial charge in [-0.15, -0.1) is 0 Å². The molecule has 0 saturated heterocycles. The summed E-state index contributed by atoms with van der Waals surface area (Å²) in [5.74, 6) is 0.217. The molecule has 24 heavy (non-hydrogen) atoms. The molecule has 1 unspecified atom stereocenters. The zero-order valence-corrected chi connectivity index (χ0v) is 15.1. The second-order valence-corrected chi connectivity index (χ2v) is 6.40. The minimum absolute atomic E-state index is 0.281. The molecule has 0 aliphatic heterocycles. The number of hydrogen-bond donors (Lipinski definition) is 1. The summed E-state index contributed by atoms with van der Waals surface area (Å²) in [6.07, 6.45) is 0. The van der Waals surface area contributed by atoms with Crippen molar-refractivity contribution in [2.45, 2.75) is 33.0 Å². The Hall–Kier alpha value is -2.04. The van der Waals surface area contributed by atoms with E-state index in [1.807, 2.05) is 38.1 Å². The second kappa shape index (κ2) is 7.24. The molecule has 0 saturated carbocycles. The summed E-state index contributed by atoms with van der Waals surface area (Å²) in [7, 11) is 1.45. The Labute approximate surface area is 147 Å². The number of amides is 1. The largest absolute Gasteiger partial charge is 0.489 e. The number of halogens is 1. The number of nitrogens with two attached hydrogens (primary N) is 1. The molecule has 0 heterocycles. The maximum Gasteiger partial charge on any atom is 0.254 e. The molecule has 2 aromatic rings. The van der Waals surface area contributed by atoms with Crippen LogP contribution < -0.4 is 10.5 Å². The molecular formula is C19H22ClNO3. The standard InChI is InChI=1S/C19H22ClNO3/c1-12-5-6-13(2)17(9-12)24-11-14-7-8-15(20)10-16(14)19(3,23-4)18(21)22/h5-10H,11H2,1-4H3,(H2,21,22). The molecule has 1 atom stereocenters. The zero-order chi connectivity index (χ0) is 17.9. The number of methoxy groups -OCH3 is 1. The van der Waals surface area contributed by atoms with Gasteiger partial charge in [0.25, 0.3) is 5.91 Å². The van der Waals surface area contributed by atoms with Crippen LogP contribution in [0.1, 0.15) is 29.2 Å². The molecular weight excluding hydrogens is 326 g/mol. The van der Waals surface area contributed by atoms with E-state index in [1.54, 1.807) is 19.1 Å². The topological polar surface area (TPSA) is 61.5 Å². The van der Waals surface area contributed by atoms with Gasteiger partial charge in [0.05, 0.1) is 0 Å². The molecule has 0 aromatic heterocycles. The number of carbonyl (C=O) groups is 1. The van der Waals surface area contributed by atoms with Crippen molar-refractivity contribution in [3.8, 4) is 5.75 Å². The number of benzene rings is 2. The van der Waals surface area contributed by atoms with Gasteiger partial charge in [-0.1, -0.05) is 29.8 Å². The monoisotopic (exact) mass is 347 g/mol. The van der Waals surface area contributed by atoms with Crippen molar-refractivity contribution in [2.75, 3.05) is 7.11 Å². The van der Waals surface area contributed by atoms with E-state index in [4.69, 9.17) is 26.8 Å². The Morgan fingerprint density at radius 1 is 1.21 bits per heavy atom. The second-order valence-electron chi connectivity index (χ2n) is 5.96. The zero-order valence-electron chi connectivity index (χ0n) is 14.4. The van der Waals surface area contributed by atoms with E-state index in [2.05, 4.69) is 0 Å². The fourth-order valence-electron chi connectivity index (χ4n) is 2.48. The molecule has 5 heteroatoms. The lowest BCUT2D eigenvalue weighted by Crippen LogP contribution is -2.41. The first kappa shape index (κ1) is 18.3. The van der Waals surface area contributed by atoms with Crippen LogP contribution in [0, 0.1) is 13.8 Å². The molecule has 0 aliphatic carbocycles. The fourth-order valence-corrected chi connectivity index (χ4v) is 2.65. The highest BCUT2D eigenvalue weighted by Gasteiger charge is 2.35. The van der Waals surface area contributed by atoms with E-state index in [9.17, 15) is 4.79 Å². The third kappa shape index (κ3) is 3.71. The van der Waals surface area contributed by atoms with Crippen LogP contribution in [0.5, 0.6) is 5.75 Å². The smallest absolute Gasteiger partial charge is 0.254 e. The van der Waals surface area contributed by atoms with Gasteiger partial charge in [-0.25, -0.2) is 0 Å². The van der Waals surface area contributed by atoms with Gasteiger partial charge in [0.15, 0.2) is 5.60 Å². The fraction of sp³-hybridized carbons (Fsp3) is 0.316. The minimum Gasteiger partial charge on any atom is -0.489 e. The van der Waals surface area contributed by atoms with Crippen LogP contribution in [0.4, 0.5) is 0 Å². The molecule has 1 amide bonds. The molecule has 0 radical (unpaired) electrons. The average molecular weight is 348 g/mol. The Balaban J connectivity index is 2.37. The Morgan fingerprint density at radius 2 is 1.92 bits per heavy atom. The molecule has 0 fully saturated rings. The minimum atomic E-state index is -1.27. The number of hydrogen-bond acceptors (Lipinski definition) is 3. The van der Waals surface area contributed by atoms with Crippen LogP contribution in [-0.4, -0.2) is 13.0 Å². The quantitative estimate of drug-likeness (QED) is 0.862. The van der Waals surface area contributed by atoms with E-state index in [0.29, 0.717) is 10.6 Å². The molecule has 128 valence electrons. The number of rotatable bonds is 6. The first-order chi connectivity index (χ1) is 11.3. The number of ether oxygens (including phenoxy) is 2. The van der Waals surface area contributed by atoms with Crippen LogP contribution in [0.2, 0.25) is 5.02 Å². The van der Waals surface area contributed by atoms with Crippen LogP contribution in [-0.2, 0) is 21.7 Å². The van der Waals surface area contributed by atoms with Gasteiger partial charge < -0.3 is 15.2 Å². The van der Waals surface area contributed by atoms with Crippen molar-refractivity contribution < 1.29 is 14.3 Å². The van der Waals surface area contributed by atoms with Crippen molar-refractivity contribution >= 4 is 17.5 Å². The predicted octanol–water partition coefficient (Wildman–Crippen LogP) is 3.88. The summed E-state index contributed by atoms with van der Waals surface area (Å²) >= 11 is 6.10. The summed E-state index contributed by atoms with van der Waals surface area (Å²) in [6, 6.07) is 11.3. The highest BCUT2D eigenvalue weighted by Crippen LogP contribution is 2.31. The predicted molar refractivity (Wildman–Crippen MR) is 95.3 cm³/mol. The lowest BCUT2D eigenvalue weighted by Gasteiger charge is -2.27. The Kier molecular flexibility index (Phi) is 5.52. The molecule has 0 aliphatic rings. The summed E-state index contributed by atoms with van der Waals surface area (Å²) in [4.78, 5) is 11.9. The molecule has 2 N–H and O–H groups in total. The molecule has 2 rings (SSSR count). The SMILES string of the molecule is COC(C)(C(N)=O)c1cc(Cl)ccc1COc1cc(C)ccc1C. The highest BCUT2D eigenvalue weighted by atomic mass is 35.5. The highest BCUT2D eigenvalue weighted by molar-refractivity contribution is 6.30. The lowest BCUT2D eigenvalue weighted by atomic mass is 9.90. The first-order valence-corrected chi connectivity index (χ1v) is 7.99. The number of aryl methyl sites for hydroxylation is 2. The van der Waals surface area contributed by atoms with E-state index in [0.717, 1.165) is 22.4 Å². The Morgan fingerprint density at radius 3 is 2.54 bits per heavy atom. The van der Waals surface area contributed by atoms with Gasteiger partial charge in [-0.2, -0.15) is 0 Å². The molecule has 0 spiro atoms. The van der Waals surface area contributed by atoms with Crippen LogP contribution in [0.15, 0.2) is 36.4 Å². The lowest BCUT2D eigenvalue weighted by molar-refractivity contribution is -0.139. The number of primary amides is 1. The summed E-state index contributed by atoms with van der Waals surface area (Å²) in [6.45, 7) is 5.90. The van der Waals surface area contributed by atoms with Gasteiger partial charge in [-0.05, 0) is 55.7 Å². The van der Waals surface area contributed by atoms with Crippen LogP contribution in [0.25, 0.3) is 0 Å². The van der Waals surface area contributed by atoms with E-state index >= 15 is 0 Å². The third-order valence-electron chi connectivity index (χ3n) is 4.19. The van der Waals surface area contributed by atoms with Crippen molar-refractivity contribution in [1.82, 2.24) is 0 Å². The van der Waals surface area contributed by atoms with Crippen molar-refractivity contribution in [1.29, 1.82) is 0 Å². The number of carbonyl (C=O) groups excluding carboxylic acids is 1. The van der Waals surface area contributed by atoms with Gasteiger partial charge in [0.1, 0.15) is 12.4 Å². The molecule has 0 bridgehead atoms. The van der Waals surface area contributed by atoms with E-state index in [1.165, 1.54) is 7.11 Å². The Bertz CT molecular complexity index is 760. The van der Waals surface area contributed by atoms with Crippen LogP contribution in [0.3, 0.4) is 0 Å². The average Bonchev–Trinajstić information content (AvgIpc) is 2.55. The van der Waals surface area contributed by atoms with Crippen molar-refractivity contribution in [2.24, 2.45) is 5.73 Å². The van der Waals surface area contributed by atoms with E-state index < -0.39 is 11.5 Å². The van der Waals surface area contributed by atoms with Crippen LogP contribution >= 0.6 is 11.6 Å². The maximum absolute atomic E-state index is 11.9. The first-order valence-electron chi connectivity index (χ1n) is 7.62. The molecule has 2 aromatic carbocycles.